The summed E-state index contributed by atoms with van der Waals surface area (Å²) < 4.78 is 46.1. The molecular formula is C20H21F3N2O3S. The Morgan fingerprint density at radius 2 is 2.03 bits per heavy atom. The second-order valence-electron chi connectivity index (χ2n) is 6.80. The van der Waals surface area contributed by atoms with Gasteiger partial charge in [-0.2, -0.15) is 13.2 Å². The van der Waals surface area contributed by atoms with Gasteiger partial charge in [-0.25, -0.2) is 0 Å². The minimum atomic E-state index is -4.50. The van der Waals surface area contributed by atoms with Gasteiger partial charge in [0.1, 0.15) is 0 Å². The maximum Gasteiger partial charge on any atom is 0.416 e. The average molecular weight is 426 g/mol. The van der Waals surface area contributed by atoms with Crippen LogP contribution >= 0.6 is 11.8 Å². The van der Waals surface area contributed by atoms with Crippen molar-refractivity contribution >= 4 is 23.4 Å². The molecule has 2 heterocycles. The fraction of sp³-hybridized carbons (Fsp3) is 0.400. The third kappa shape index (κ3) is 4.84. The predicted molar refractivity (Wildman–Crippen MR) is 106 cm³/mol. The van der Waals surface area contributed by atoms with E-state index in [0.717, 1.165) is 12.1 Å². The molecule has 3 rings (SSSR count). The van der Waals surface area contributed by atoms with Crippen molar-refractivity contribution in [1.29, 1.82) is 0 Å². The molecule has 0 bridgehead atoms. The number of hydrogen-bond acceptors (Lipinski definition) is 4. The summed E-state index contributed by atoms with van der Waals surface area (Å²) in [6, 6.07) is 6.18. The Morgan fingerprint density at radius 3 is 2.72 bits per heavy atom. The number of rotatable bonds is 4. The van der Waals surface area contributed by atoms with Crippen molar-refractivity contribution < 1.29 is 22.7 Å². The molecule has 0 radical (unpaired) electrons. The number of ether oxygens (including phenoxy) is 1. The topological polar surface area (TPSA) is 51.5 Å². The third-order valence-electron chi connectivity index (χ3n) is 4.68. The van der Waals surface area contributed by atoms with Gasteiger partial charge in [-0.05, 0) is 30.7 Å². The van der Waals surface area contributed by atoms with E-state index in [0.29, 0.717) is 24.5 Å². The number of aromatic nitrogens is 1. The maximum absolute atomic E-state index is 13.2. The Morgan fingerprint density at radius 1 is 1.28 bits per heavy atom. The number of alkyl halides is 3. The van der Waals surface area contributed by atoms with E-state index in [9.17, 15) is 22.8 Å². The number of thioether (sulfide) groups is 1. The number of anilines is 1. The second kappa shape index (κ2) is 8.62. The van der Waals surface area contributed by atoms with E-state index in [1.165, 1.54) is 52.7 Å². The van der Waals surface area contributed by atoms with Crippen molar-refractivity contribution in [3.8, 4) is 0 Å². The molecule has 0 aliphatic carbocycles. The summed E-state index contributed by atoms with van der Waals surface area (Å²) in [7, 11) is 1.51. The second-order valence-corrected chi connectivity index (χ2v) is 8.28. The monoisotopic (exact) mass is 426 g/mol. The number of carbonyl (C=O) groups is 1. The van der Waals surface area contributed by atoms with Crippen LogP contribution in [0.5, 0.6) is 0 Å². The van der Waals surface area contributed by atoms with E-state index in [1.807, 2.05) is 6.92 Å². The number of carbonyl (C=O) groups excluding carboxylic acids is 1. The van der Waals surface area contributed by atoms with Gasteiger partial charge in [0.25, 0.3) is 11.5 Å². The Labute approximate surface area is 170 Å². The van der Waals surface area contributed by atoms with Gasteiger partial charge in [0.2, 0.25) is 0 Å². The number of methoxy groups -OCH3 is 1. The molecule has 29 heavy (non-hydrogen) atoms. The molecule has 1 aromatic heterocycles. The summed E-state index contributed by atoms with van der Waals surface area (Å²) in [6.45, 7) is 2.84. The molecule has 1 atom stereocenters. The lowest BCUT2D eigenvalue weighted by Gasteiger charge is -2.24. The molecule has 0 saturated carbocycles. The summed E-state index contributed by atoms with van der Waals surface area (Å²) in [6.07, 6.45) is -2.44. The molecule has 2 aromatic rings. The van der Waals surface area contributed by atoms with Gasteiger partial charge in [0, 0.05) is 42.6 Å². The first-order valence-electron chi connectivity index (χ1n) is 9.10. The van der Waals surface area contributed by atoms with Crippen LogP contribution in [0.2, 0.25) is 0 Å². The molecule has 0 spiro atoms. The van der Waals surface area contributed by atoms with E-state index < -0.39 is 17.6 Å². The predicted octanol–water partition coefficient (Wildman–Crippen LogP) is 4.04. The lowest BCUT2D eigenvalue weighted by atomic mass is 10.1. The minimum Gasteiger partial charge on any atom is -0.383 e. The van der Waals surface area contributed by atoms with Gasteiger partial charge in [-0.15, -0.1) is 11.8 Å². The fourth-order valence-electron chi connectivity index (χ4n) is 3.10. The highest BCUT2D eigenvalue weighted by Crippen LogP contribution is 2.41. The van der Waals surface area contributed by atoms with Crippen LogP contribution in [0.25, 0.3) is 0 Å². The smallest absolute Gasteiger partial charge is 0.383 e. The van der Waals surface area contributed by atoms with Gasteiger partial charge < -0.3 is 14.2 Å². The molecule has 9 heteroatoms. The van der Waals surface area contributed by atoms with Gasteiger partial charge in [0.15, 0.2) is 0 Å². The van der Waals surface area contributed by atoms with Crippen molar-refractivity contribution in [2.75, 3.05) is 25.2 Å². The first-order chi connectivity index (χ1) is 13.7. The number of nitrogens with zero attached hydrogens (tertiary/aromatic N) is 2. The van der Waals surface area contributed by atoms with Crippen molar-refractivity contribution in [1.82, 2.24) is 4.57 Å². The highest BCUT2D eigenvalue weighted by molar-refractivity contribution is 8.00. The number of pyridine rings is 1. The van der Waals surface area contributed by atoms with Gasteiger partial charge >= 0.3 is 6.18 Å². The lowest BCUT2D eigenvalue weighted by molar-refractivity contribution is -0.137. The summed E-state index contributed by atoms with van der Waals surface area (Å²) >= 11 is 1.45. The molecule has 1 amide bonds. The molecule has 1 unspecified atom stereocenters. The van der Waals surface area contributed by atoms with E-state index in [1.54, 1.807) is 0 Å². The minimum absolute atomic E-state index is 0.152. The number of fused-ring (bicyclic) bond motifs is 1. The standard InChI is InChI=1S/C20H21F3N2O3S/c1-13-7-8-25(16-11-15(20(21,22)23)4-5-17(16)29-13)19(27)14-3-6-18(26)24(12-14)9-10-28-2/h3-6,11-13H,7-10H2,1-2H3. The quantitative estimate of drug-likeness (QED) is 0.740. The van der Waals surface area contributed by atoms with Crippen LogP contribution in [-0.4, -0.2) is 36.0 Å². The molecule has 5 nitrogen and oxygen atoms in total. The molecule has 1 aliphatic rings. The van der Waals surface area contributed by atoms with E-state index in [-0.39, 0.29) is 28.6 Å². The molecule has 1 aromatic carbocycles. The van der Waals surface area contributed by atoms with E-state index in [2.05, 4.69) is 0 Å². The van der Waals surface area contributed by atoms with Gasteiger partial charge in [-0.1, -0.05) is 6.92 Å². The van der Waals surface area contributed by atoms with Gasteiger partial charge in [0.05, 0.1) is 23.4 Å². The van der Waals surface area contributed by atoms with Crippen LogP contribution < -0.4 is 10.5 Å². The zero-order chi connectivity index (χ0) is 21.2. The summed E-state index contributed by atoms with van der Waals surface area (Å²) in [5.74, 6) is -0.438. The van der Waals surface area contributed by atoms with Crippen molar-refractivity contribution in [3.63, 3.8) is 0 Å². The largest absolute Gasteiger partial charge is 0.416 e. The molecule has 0 N–H and O–H groups in total. The number of benzene rings is 1. The Balaban J connectivity index is 2.02. The fourth-order valence-corrected chi connectivity index (χ4v) is 4.19. The third-order valence-corrected chi connectivity index (χ3v) is 5.91. The molecule has 0 saturated heterocycles. The maximum atomic E-state index is 13.2. The molecular weight excluding hydrogens is 405 g/mol. The first-order valence-corrected chi connectivity index (χ1v) is 9.98. The van der Waals surface area contributed by atoms with Crippen LogP contribution in [0.15, 0.2) is 46.2 Å². The Bertz CT molecular complexity index is 959. The number of amides is 1. The van der Waals surface area contributed by atoms with Crippen molar-refractivity contribution in [2.45, 2.75) is 36.2 Å². The average Bonchev–Trinajstić information content (AvgIpc) is 2.83. The summed E-state index contributed by atoms with van der Waals surface area (Å²) in [5, 5.41) is 0.152. The summed E-state index contributed by atoms with van der Waals surface area (Å²) in [5.41, 5.74) is -0.592. The SMILES string of the molecule is COCCn1cc(C(=O)N2CCC(C)Sc3ccc(C(F)(F)F)cc32)ccc1=O. The highest BCUT2D eigenvalue weighted by Gasteiger charge is 2.33. The summed E-state index contributed by atoms with van der Waals surface area (Å²) in [4.78, 5) is 27.2. The highest BCUT2D eigenvalue weighted by atomic mass is 32.2. The van der Waals surface area contributed by atoms with Crippen molar-refractivity contribution in [3.05, 3.63) is 58.0 Å². The van der Waals surface area contributed by atoms with Crippen molar-refractivity contribution in [2.24, 2.45) is 0 Å². The number of halogens is 3. The molecule has 0 fully saturated rings. The van der Waals surface area contributed by atoms with Crippen LogP contribution in [0.4, 0.5) is 18.9 Å². The van der Waals surface area contributed by atoms with Gasteiger partial charge in [-0.3, -0.25) is 9.59 Å². The number of hydrogen-bond donors (Lipinski definition) is 0. The normalized spacial score (nSPS) is 17.0. The molecule has 1 aliphatic heterocycles. The van der Waals surface area contributed by atoms with E-state index >= 15 is 0 Å². The zero-order valence-electron chi connectivity index (χ0n) is 16.0. The van der Waals surface area contributed by atoms with Crippen LogP contribution in [0, 0.1) is 0 Å². The van der Waals surface area contributed by atoms with Crippen LogP contribution in [0.3, 0.4) is 0 Å². The van der Waals surface area contributed by atoms with Crippen LogP contribution in [-0.2, 0) is 17.5 Å². The lowest BCUT2D eigenvalue weighted by Crippen LogP contribution is -2.34. The zero-order valence-corrected chi connectivity index (χ0v) is 16.8. The first kappa shape index (κ1) is 21.4. The van der Waals surface area contributed by atoms with Crippen LogP contribution in [0.1, 0.15) is 29.3 Å². The Kier molecular flexibility index (Phi) is 6.38. The Hall–Kier alpha value is -2.26. The van der Waals surface area contributed by atoms with E-state index in [4.69, 9.17) is 4.74 Å². The molecule has 156 valence electrons.